The standard InChI is InChI=1S/C28H30N2O3S/c31-27-24-10-4-8-22-9-5-11-25(26(22)24)28(32)30(27)16-20-12-14-29(15-13-20)17-23(34)19-33-18-21-6-2-1-3-7-21/h1-11,20,23,34H,12-19H2/t23-/m1/s1. The maximum absolute atomic E-state index is 13.2. The zero-order chi connectivity index (χ0) is 23.5. The second kappa shape index (κ2) is 10.3. The number of nitrogens with zero attached hydrogens (tertiary/aromatic N) is 2. The Balaban J connectivity index is 1.12. The summed E-state index contributed by atoms with van der Waals surface area (Å²) in [6.07, 6.45) is 1.93. The Kier molecular flexibility index (Phi) is 6.99. The minimum absolute atomic E-state index is 0.155. The van der Waals surface area contributed by atoms with Crippen LogP contribution in [0.4, 0.5) is 0 Å². The summed E-state index contributed by atoms with van der Waals surface area (Å²) >= 11 is 4.72. The zero-order valence-electron chi connectivity index (χ0n) is 19.2. The van der Waals surface area contributed by atoms with E-state index < -0.39 is 0 Å². The molecule has 34 heavy (non-hydrogen) atoms. The van der Waals surface area contributed by atoms with Gasteiger partial charge in [-0.25, -0.2) is 0 Å². The lowest BCUT2D eigenvalue weighted by Gasteiger charge is -2.36. The van der Waals surface area contributed by atoms with Crippen molar-refractivity contribution in [2.75, 3.05) is 32.8 Å². The molecule has 0 radical (unpaired) electrons. The molecule has 0 N–H and O–H groups in total. The first-order chi connectivity index (χ1) is 16.6. The first kappa shape index (κ1) is 23.1. The summed E-state index contributed by atoms with van der Waals surface area (Å²) in [5.41, 5.74) is 2.45. The van der Waals surface area contributed by atoms with E-state index in [2.05, 4.69) is 17.0 Å². The van der Waals surface area contributed by atoms with Gasteiger partial charge in [-0.15, -0.1) is 0 Å². The number of hydrogen-bond donors (Lipinski definition) is 1. The summed E-state index contributed by atoms with van der Waals surface area (Å²) < 4.78 is 5.84. The Morgan fingerprint density at radius 2 is 1.53 bits per heavy atom. The fourth-order valence-corrected chi connectivity index (χ4v) is 5.43. The van der Waals surface area contributed by atoms with E-state index in [1.54, 1.807) is 0 Å². The van der Waals surface area contributed by atoms with Crippen LogP contribution in [0.15, 0.2) is 66.7 Å². The third-order valence-electron chi connectivity index (χ3n) is 6.89. The summed E-state index contributed by atoms with van der Waals surface area (Å²) in [7, 11) is 0. The molecular formula is C28H30N2O3S. The fourth-order valence-electron chi connectivity index (χ4n) is 5.09. The lowest BCUT2D eigenvalue weighted by Crippen LogP contribution is -2.46. The molecule has 6 heteroatoms. The van der Waals surface area contributed by atoms with Gasteiger partial charge in [0.2, 0.25) is 0 Å². The molecule has 1 saturated heterocycles. The van der Waals surface area contributed by atoms with Crippen molar-refractivity contribution >= 4 is 35.2 Å². The molecule has 2 amide bonds. The summed E-state index contributed by atoms with van der Waals surface area (Å²) in [5.74, 6) is -0.00764. The van der Waals surface area contributed by atoms with Gasteiger partial charge in [-0.05, 0) is 54.9 Å². The molecular weight excluding hydrogens is 444 g/mol. The monoisotopic (exact) mass is 474 g/mol. The van der Waals surface area contributed by atoms with Gasteiger partial charge in [0.25, 0.3) is 11.8 Å². The second-order valence-electron chi connectivity index (χ2n) is 9.33. The van der Waals surface area contributed by atoms with Crippen LogP contribution in [0.1, 0.15) is 39.1 Å². The average Bonchev–Trinajstić information content (AvgIpc) is 2.86. The maximum Gasteiger partial charge on any atom is 0.261 e. The van der Waals surface area contributed by atoms with E-state index in [-0.39, 0.29) is 17.1 Å². The van der Waals surface area contributed by atoms with Crippen molar-refractivity contribution in [2.45, 2.75) is 24.7 Å². The average molecular weight is 475 g/mol. The van der Waals surface area contributed by atoms with E-state index in [4.69, 9.17) is 17.4 Å². The summed E-state index contributed by atoms with van der Waals surface area (Å²) in [6.45, 7) is 4.47. The highest BCUT2D eigenvalue weighted by molar-refractivity contribution is 7.81. The number of carbonyl (C=O) groups is 2. The van der Waals surface area contributed by atoms with E-state index in [1.807, 2.05) is 54.6 Å². The van der Waals surface area contributed by atoms with Crippen LogP contribution in [0.2, 0.25) is 0 Å². The third kappa shape index (κ3) is 4.90. The van der Waals surface area contributed by atoms with E-state index in [1.165, 1.54) is 10.5 Å². The first-order valence-electron chi connectivity index (χ1n) is 12.0. The number of amides is 2. The summed E-state index contributed by atoms with van der Waals surface area (Å²) in [5, 5.41) is 1.89. The van der Waals surface area contributed by atoms with Gasteiger partial charge in [0.15, 0.2) is 0 Å². The van der Waals surface area contributed by atoms with Crippen LogP contribution in [0.5, 0.6) is 0 Å². The molecule has 2 aliphatic rings. The maximum atomic E-state index is 13.2. The third-order valence-corrected chi connectivity index (χ3v) is 7.21. The largest absolute Gasteiger partial charge is 0.376 e. The summed E-state index contributed by atoms with van der Waals surface area (Å²) in [6, 6.07) is 21.5. The van der Waals surface area contributed by atoms with Crippen LogP contribution in [0.3, 0.4) is 0 Å². The number of carbonyl (C=O) groups excluding carboxylic acids is 2. The molecule has 0 spiro atoms. The smallest absolute Gasteiger partial charge is 0.261 e. The Labute approximate surface area is 206 Å². The molecule has 0 unspecified atom stereocenters. The van der Waals surface area contributed by atoms with Crippen LogP contribution < -0.4 is 0 Å². The Bertz CT molecular complexity index is 1120. The summed E-state index contributed by atoms with van der Waals surface area (Å²) in [4.78, 5) is 30.2. The molecule has 3 aromatic rings. The molecule has 0 aliphatic carbocycles. The molecule has 5 rings (SSSR count). The molecule has 3 aromatic carbocycles. The Hall–Kier alpha value is -2.67. The van der Waals surface area contributed by atoms with Crippen LogP contribution in [0, 0.1) is 5.92 Å². The normalized spacial score (nSPS) is 18.0. The molecule has 1 fully saturated rings. The van der Waals surface area contributed by atoms with Gasteiger partial charge in [-0.2, -0.15) is 12.6 Å². The lowest BCUT2D eigenvalue weighted by molar-refractivity contribution is 0.0550. The van der Waals surface area contributed by atoms with Crippen molar-refractivity contribution in [2.24, 2.45) is 5.92 Å². The number of thiol groups is 1. The number of rotatable bonds is 8. The minimum atomic E-state index is -0.164. The number of piperidine rings is 1. The van der Waals surface area contributed by atoms with Crippen LogP contribution >= 0.6 is 12.6 Å². The highest BCUT2D eigenvalue weighted by Gasteiger charge is 2.34. The van der Waals surface area contributed by atoms with Gasteiger partial charge >= 0.3 is 0 Å². The Morgan fingerprint density at radius 3 is 2.18 bits per heavy atom. The van der Waals surface area contributed by atoms with Crippen molar-refractivity contribution in [3.63, 3.8) is 0 Å². The molecule has 0 aromatic heterocycles. The molecule has 0 bridgehead atoms. The molecule has 2 heterocycles. The lowest BCUT2D eigenvalue weighted by atomic mass is 9.91. The first-order valence-corrected chi connectivity index (χ1v) is 12.5. The highest BCUT2D eigenvalue weighted by Crippen LogP contribution is 2.31. The van der Waals surface area contributed by atoms with Gasteiger partial charge < -0.3 is 9.64 Å². The molecule has 176 valence electrons. The predicted molar refractivity (Wildman–Crippen MR) is 137 cm³/mol. The van der Waals surface area contributed by atoms with E-state index in [9.17, 15) is 9.59 Å². The van der Waals surface area contributed by atoms with Crippen LogP contribution in [-0.2, 0) is 11.3 Å². The van der Waals surface area contributed by atoms with Crippen molar-refractivity contribution in [3.8, 4) is 0 Å². The molecule has 0 saturated carbocycles. The molecule has 2 aliphatic heterocycles. The number of hydrogen-bond acceptors (Lipinski definition) is 5. The number of ether oxygens (including phenoxy) is 1. The van der Waals surface area contributed by atoms with E-state index >= 15 is 0 Å². The topological polar surface area (TPSA) is 49.9 Å². The Morgan fingerprint density at radius 1 is 0.882 bits per heavy atom. The number of likely N-dealkylation sites (tertiary alicyclic amines) is 1. The van der Waals surface area contributed by atoms with Crippen LogP contribution in [-0.4, -0.2) is 59.7 Å². The minimum Gasteiger partial charge on any atom is -0.376 e. The van der Waals surface area contributed by atoms with E-state index in [0.717, 1.165) is 43.2 Å². The van der Waals surface area contributed by atoms with Gasteiger partial charge in [0, 0.05) is 34.9 Å². The van der Waals surface area contributed by atoms with Crippen molar-refractivity contribution in [1.82, 2.24) is 9.80 Å². The SMILES string of the molecule is O=C1c2cccc3cccc(c23)C(=O)N1CC1CCN(C[C@@H](S)COCc2ccccc2)CC1. The van der Waals surface area contributed by atoms with Crippen molar-refractivity contribution < 1.29 is 14.3 Å². The second-order valence-corrected chi connectivity index (χ2v) is 10.1. The predicted octanol–water partition coefficient (Wildman–Crippen LogP) is 4.66. The molecule has 5 nitrogen and oxygen atoms in total. The quantitative estimate of drug-likeness (QED) is 0.381. The zero-order valence-corrected chi connectivity index (χ0v) is 20.1. The highest BCUT2D eigenvalue weighted by atomic mass is 32.1. The van der Waals surface area contributed by atoms with Gasteiger partial charge in [0.1, 0.15) is 0 Å². The van der Waals surface area contributed by atoms with E-state index in [0.29, 0.717) is 36.8 Å². The van der Waals surface area contributed by atoms with Crippen molar-refractivity contribution in [1.29, 1.82) is 0 Å². The number of imide groups is 1. The van der Waals surface area contributed by atoms with Gasteiger partial charge in [-0.1, -0.05) is 54.6 Å². The fraction of sp³-hybridized carbons (Fsp3) is 0.357. The van der Waals surface area contributed by atoms with Crippen LogP contribution in [0.25, 0.3) is 10.8 Å². The molecule has 1 atom stereocenters. The van der Waals surface area contributed by atoms with Gasteiger partial charge in [-0.3, -0.25) is 14.5 Å². The van der Waals surface area contributed by atoms with Crippen molar-refractivity contribution in [3.05, 3.63) is 83.4 Å². The number of benzene rings is 3. The van der Waals surface area contributed by atoms with Gasteiger partial charge in [0.05, 0.1) is 13.2 Å².